The van der Waals surface area contributed by atoms with E-state index in [1.54, 1.807) is 12.1 Å². The molecular formula is C14H16N4O3. The van der Waals surface area contributed by atoms with Gasteiger partial charge in [-0.2, -0.15) is 5.01 Å². The normalized spacial score (nSPS) is 20.5. The smallest absolute Gasteiger partial charge is 0.322 e. The molecule has 0 aromatic carbocycles. The molecule has 0 unspecified atom stereocenters. The topological polar surface area (TPSA) is 91.4 Å². The summed E-state index contributed by atoms with van der Waals surface area (Å²) >= 11 is 0. The summed E-state index contributed by atoms with van der Waals surface area (Å²) in [6.45, 7) is 0. The van der Waals surface area contributed by atoms with Gasteiger partial charge in [0.1, 0.15) is 11.2 Å². The number of aromatic nitrogens is 1. The van der Waals surface area contributed by atoms with Gasteiger partial charge in [0.2, 0.25) is 0 Å². The number of hydrogen-bond donors (Lipinski definition) is 2. The number of hydrazine groups is 1. The van der Waals surface area contributed by atoms with Crippen LogP contribution in [0.3, 0.4) is 0 Å². The zero-order chi connectivity index (χ0) is 14.9. The van der Waals surface area contributed by atoms with Crippen LogP contribution < -0.4 is 10.7 Å². The maximum absolute atomic E-state index is 12.5. The molecule has 2 fully saturated rings. The second-order valence-corrected chi connectivity index (χ2v) is 5.37. The molecule has 1 spiro atoms. The van der Waals surface area contributed by atoms with E-state index in [0.717, 1.165) is 24.3 Å². The molecular weight excluding hydrogens is 272 g/mol. The molecule has 1 saturated heterocycles. The quantitative estimate of drug-likeness (QED) is 0.794. The van der Waals surface area contributed by atoms with Gasteiger partial charge in [0.05, 0.1) is 0 Å². The van der Waals surface area contributed by atoms with Crippen LogP contribution in [0.4, 0.5) is 4.79 Å². The van der Waals surface area contributed by atoms with Crippen molar-refractivity contribution in [2.75, 3.05) is 0 Å². The van der Waals surface area contributed by atoms with E-state index in [1.807, 2.05) is 0 Å². The van der Waals surface area contributed by atoms with Crippen molar-refractivity contribution < 1.29 is 14.4 Å². The Bertz CT molecular complexity index is 581. The van der Waals surface area contributed by atoms with E-state index < -0.39 is 17.5 Å². The minimum absolute atomic E-state index is 0.155. The first-order valence-electron chi connectivity index (χ1n) is 7.01. The summed E-state index contributed by atoms with van der Waals surface area (Å²) in [6, 6.07) is 4.29. The van der Waals surface area contributed by atoms with Gasteiger partial charge < -0.3 is 5.32 Å². The molecule has 1 aliphatic heterocycles. The van der Waals surface area contributed by atoms with Gasteiger partial charge in [-0.3, -0.25) is 20.0 Å². The average molecular weight is 288 g/mol. The number of rotatable bonds is 2. The third-order valence-electron chi connectivity index (χ3n) is 3.98. The number of imide groups is 1. The van der Waals surface area contributed by atoms with E-state index in [1.165, 1.54) is 12.3 Å². The lowest BCUT2D eigenvalue weighted by atomic mass is 9.82. The second-order valence-electron chi connectivity index (χ2n) is 5.37. The molecule has 0 radical (unpaired) electrons. The number of pyridine rings is 1. The molecule has 7 heteroatoms. The zero-order valence-corrected chi connectivity index (χ0v) is 11.5. The molecule has 7 nitrogen and oxygen atoms in total. The standard InChI is InChI=1S/C14H16N4O3/c19-11(10-6-2-5-9-15-10)17-18-12(20)14(16-13(18)21)7-3-1-4-8-14/h2,5-6,9H,1,3-4,7-8H2,(H,16,21)(H,17,19). The van der Waals surface area contributed by atoms with E-state index in [9.17, 15) is 14.4 Å². The van der Waals surface area contributed by atoms with Gasteiger partial charge >= 0.3 is 6.03 Å². The molecule has 2 heterocycles. The summed E-state index contributed by atoms with van der Waals surface area (Å²) in [7, 11) is 0. The number of urea groups is 1. The lowest BCUT2D eigenvalue weighted by molar-refractivity contribution is -0.134. The average Bonchev–Trinajstić information content (AvgIpc) is 2.73. The van der Waals surface area contributed by atoms with Crippen molar-refractivity contribution in [3.05, 3.63) is 30.1 Å². The van der Waals surface area contributed by atoms with Gasteiger partial charge in [0, 0.05) is 6.20 Å². The monoisotopic (exact) mass is 288 g/mol. The highest BCUT2D eigenvalue weighted by Gasteiger charge is 2.52. The Balaban J connectivity index is 1.75. The van der Waals surface area contributed by atoms with Crippen LogP contribution in [0.1, 0.15) is 42.6 Å². The molecule has 2 aliphatic rings. The molecule has 2 N–H and O–H groups in total. The van der Waals surface area contributed by atoms with Crippen LogP contribution in [-0.4, -0.2) is 33.4 Å². The number of amides is 4. The first-order chi connectivity index (χ1) is 10.1. The summed E-state index contributed by atoms with van der Waals surface area (Å²) in [5, 5.41) is 3.51. The van der Waals surface area contributed by atoms with Crippen LogP contribution in [0.15, 0.2) is 24.4 Å². The molecule has 1 aromatic rings. The maximum atomic E-state index is 12.5. The number of hydrogen-bond acceptors (Lipinski definition) is 4. The third kappa shape index (κ3) is 2.35. The molecule has 1 saturated carbocycles. The van der Waals surface area contributed by atoms with E-state index >= 15 is 0 Å². The second kappa shape index (κ2) is 5.16. The molecule has 1 aliphatic carbocycles. The predicted octanol–water partition coefficient (Wildman–Crippen LogP) is 0.981. The Morgan fingerprint density at radius 1 is 1.24 bits per heavy atom. The molecule has 3 rings (SSSR count). The first kappa shape index (κ1) is 13.5. The fourth-order valence-corrected chi connectivity index (χ4v) is 2.87. The largest absolute Gasteiger partial charge is 0.344 e. The number of nitrogens with zero attached hydrogens (tertiary/aromatic N) is 2. The molecule has 1 aromatic heterocycles. The van der Waals surface area contributed by atoms with Crippen molar-refractivity contribution in [1.29, 1.82) is 0 Å². The van der Waals surface area contributed by atoms with E-state index in [-0.39, 0.29) is 11.6 Å². The summed E-state index contributed by atoms with van der Waals surface area (Å²) in [6.07, 6.45) is 5.57. The van der Waals surface area contributed by atoms with Crippen LogP contribution in [0.2, 0.25) is 0 Å². The van der Waals surface area contributed by atoms with Crippen molar-refractivity contribution in [2.45, 2.75) is 37.6 Å². The molecule has 110 valence electrons. The van der Waals surface area contributed by atoms with Crippen LogP contribution in [0.25, 0.3) is 0 Å². The van der Waals surface area contributed by atoms with E-state index in [4.69, 9.17) is 0 Å². The van der Waals surface area contributed by atoms with Gasteiger partial charge in [-0.25, -0.2) is 4.79 Å². The van der Waals surface area contributed by atoms with Crippen molar-refractivity contribution in [3.8, 4) is 0 Å². The number of nitrogens with one attached hydrogen (secondary N) is 2. The molecule has 4 amide bonds. The number of carbonyl (C=O) groups is 3. The Kier molecular flexibility index (Phi) is 3.32. The third-order valence-corrected chi connectivity index (χ3v) is 3.98. The van der Waals surface area contributed by atoms with Gasteiger partial charge in [-0.1, -0.05) is 25.3 Å². The van der Waals surface area contributed by atoms with Crippen LogP contribution >= 0.6 is 0 Å². The fraction of sp³-hybridized carbons (Fsp3) is 0.429. The highest BCUT2D eigenvalue weighted by Crippen LogP contribution is 2.32. The van der Waals surface area contributed by atoms with Gasteiger partial charge in [0.25, 0.3) is 11.8 Å². The molecule has 0 bridgehead atoms. The molecule has 0 atom stereocenters. The first-order valence-corrected chi connectivity index (χ1v) is 7.01. The van der Waals surface area contributed by atoms with Gasteiger partial charge in [-0.15, -0.1) is 0 Å². The van der Waals surface area contributed by atoms with Crippen LogP contribution in [0.5, 0.6) is 0 Å². The Morgan fingerprint density at radius 3 is 2.67 bits per heavy atom. The lowest BCUT2D eigenvalue weighted by Gasteiger charge is -2.30. The zero-order valence-electron chi connectivity index (χ0n) is 11.5. The number of carbonyl (C=O) groups excluding carboxylic acids is 3. The van der Waals surface area contributed by atoms with Crippen molar-refractivity contribution >= 4 is 17.8 Å². The van der Waals surface area contributed by atoms with Crippen LogP contribution in [0, 0.1) is 0 Å². The summed E-state index contributed by atoms with van der Waals surface area (Å²) in [5.74, 6) is -0.955. The predicted molar refractivity (Wildman–Crippen MR) is 72.9 cm³/mol. The Hall–Kier alpha value is -2.44. The van der Waals surface area contributed by atoms with E-state index in [2.05, 4.69) is 15.7 Å². The van der Waals surface area contributed by atoms with Crippen molar-refractivity contribution in [2.24, 2.45) is 0 Å². The minimum Gasteiger partial charge on any atom is -0.322 e. The van der Waals surface area contributed by atoms with Gasteiger partial charge in [0.15, 0.2) is 0 Å². The maximum Gasteiger partial charge on any atom is 0.344 e. The summed E-state index contributed by atoms with van der Waals surface area (Å²) < 4.78 is 0. The Labute approximate surface area is 121 Å². The Morgan fingerprint density at radius 2 is 2.00 bits per heavy atom. The van der Waals surface area contributed by atoms with E-state index in [0.29, 0.717) is 12.8 Å². The molecule has 21 heavy (non-hydrogen) atoms. The highest BCUT2D eigenvalue weighted by atomic mass is 16.2. The van der Waals surface area contributed by atoms with Crippen molar-refractivity contribution in [3.63, 3.8) is 0 Å². The SMILES string of the molecule is O=C(NN1C(=O)NC2(CCCCC2)C1=O)c1ccccn1. The van der Waals surface area contributed by atoms with Crippen molar-refractivity contribution in [1.82, 2.24) is 20.7 Å². The minimum atomic E-state index is -0.841. The lowest BCUT2D eigenvalue weighted by Crippen LogP contribution is -2.51. The summed E-state index contributed by atoms with van der Waals surface area (Å²) in [4.78, 5) is 40.4. The van der Waals surface area contributed by atoms with Gasteiger partial charge in [-0.05, 0) is 25.0 Å². The fourth-order valence-electron chi connectivity index (χ4n) is 2.87. The van der Waals surface area contributed by atoms with Crippen LogP contribution in [-0.2, 0) is 4.79 Å². The summed E-state index contributed by atoms with van der Waals surface area (Å²) in [5.41, 5.74) is 1.65. The highest BCUT2D eigenvalue weighted by molar-refractivity contribution is 6.09.